The van der Waals surface area contributed by atoms with E-state index in [0.29, 0.717) is 21.5 Å². The fraction of sp³-hybridized carbons (Fsp3) is 0.545. The Balaban J connectivity index is 2.34. The largest absolute Gasteiger partial charge is 0.405 e. The Labute approximate surface area is 111 Å². The van der Waals surface area contributed by atoms with Gasteiger partial charge in [-0.05, 0) is 41.3 Å². The number of hydrogen-bond acceptors (Lipinski definition) is 3. The van der Waals surface area contributed by atoms with E-state index in [2.05, 4.69) is 20.9 Å². The quantitative estimate of drug-likeness (QED) is 0.928. The number of rotatable bonds is 3. The average molecular weight is 324 g/mol. The van der Waals surface area contributed by atoms with Crippen LogP contribution in [-0.4, -0.2) is 23.7 Å². The van der Waals surface area contributed by atoms with Crippen molar-refractivity contribution in [2.24, 2.45) is 0 Å². The van der Waals surface area contributed by atoms with Gasteiger partial charge >= 0.3 is 6.18 Å². The van der Waals surface area contributed by atoms with Gasteiger partial charge in [-0.2, -0.15) is 13.2 Å². The number of hydrogen-bond donors (Lipinski definition) is 1. The summed E-state index contributed by atoms with van der Waals surface area (Å²) in [5.41, 5.74) is 6.86. The molecule has 0 amide bonds. The lowest BCUT2D eigenvalue weighted by atomic mass is 10.2. The molecule has 0 aliphatic heterocycles. The van der Waals surface area contributed by atoms with E-state index in [1.54, 1.807) is 6.92 Å². The van der Waals surface area contributed by atoms with Crippen molar-refractivity contribution in [3.8, 4) is 0 Å². The molecular weight excluding hydrogens is 311 g/mol. The van der Waals surface area contributed by atoms with Crippen LogP contribution in [0.25, 0.3) is 0 Å². The lowest BCUT2D eigenvalue weighted by molar-refractivity contribution is -0.120. The zero-order valence-corrected chi connectivity index (χ0v) is 11.3. The summed E-state index contributed by atoms with van der Waals surface area (Å²) in [7, 11) is 0. The van der Waals surface area contributed by atoms with Crippen molar-refractivity contribution in [1.29, 1.82) is 0 Å². The molecular formula is C11H13BrF3N3. The maximum Gasteiger partial charge on any atom is 0.405 e. The van der Waals surface area contributed by atoms with Gasteiger partial charge in [-0.15, -0.1) is 0 Å². The Kier molecular flexibility index (Phi) is 3.44. The summed E-state index contributed by atoms with van der Waals surface area (Å²) in [6.45, 7) is 0.774. The molecule has 0 radical (unpaired) electrons. The van der Waals surface area contributed by atoms with Crippen LogP contribution in [0.1, 0.15) is 18.4 Å². The van der Waals surface area contributed by atoms with E-state index in [9.17, 15) is 13.2 Å². The highest BCUT2D eigenvalue weighted by Gasteiger charge is 2.39. The monoisotopic (exact) mass is 323 g/mol. The summed E-state index contributed by atoms with van der Waals surface area (Å²) >= 11 is 3.28. The molecule has 1 saturated carbocycles. The first-order valence-electron chi connectivity index (χ1n) is 5.53. The summed E-state index contributed by atoms with van der Waals surface area (Å²) in [4.78, 5) is 5.34. The van der Waals surface area contributed by atoms with E-state index in [0.717, 1.165) is 12.8 Å². The third-order valence-electron chi connectivity index (χ3n) is 2.89. The number of nitrogens with two attached hydrogens (primary N) is 1. The van der Waals surface area contributed by atoms with Crippen LogP contribution < -0.4 is 10.6 Å². The number of pyridine rings is 1. The van der Waals surface area contributed by atoms with Gasteiger partial charge in [0.1, 0.15) is 12.4 Å². The van der Waals surface area contributed by atoms with E-state index >= 15 is 0 Å². The van der Waals surface area contributed by atoms with Crippen LogP contribution in [0.15, 0.2) is 10.7 Å². The number of nitrogen functional groups attached to an aromatic ring is 1. The Morgan fingerprint density at radius 1 is 1.50 bits per heavy atom. The second-order valence-electron chi connectivity index (χ2n) is 4.45. The molecule has 1 aliphatic carbocycles. The second-order valence-corrected chi connectivity index (χ2v) is 5.24. The summed E-state index contributed by atoms with van der Waals surface area (Å²) in [5, 5.41) is 0. The van der Waals surface area contributed by atoms with Crippen LogP contribution in [0.4, 0.5) is 24.7 Å². The van der Waals surface area contributed by atoms with Crippen LogP contribution >= 0.6 is 15.9 Å². The van der Waals surface area contributed by atoms with Crippen molar-refractivity contribution >= 4 is 27.4 Å². The SMILES string of the molecule is Cc1c(N)cnc(N(CC(F)(F)F)C2CC2)c1Br. The molecule has 100 valence electrons. The van der Waals surface area contributed by atoms with Crippen LogP contribution in [0.3, 0.4) is 0 Å². The smallest absolute Gasteiger partial charge is 0.397 e. The Morgan fingerprint density at radius 2 is 2.11 bits per heavy atom. The summed E-state index contributed by atoms with van der Waals surface area (Å²) in [6, 6.07) is -0.0709. The molecule has 2 N–H and O–H groups in total. The van der Waals surface area contributed by atoms with E-state index in [1.807, 2.05) is 0 Å². The number of halogens is 4. The predicted molar refractivity (Wildman–Crippen MR) is 67.5 cm³/mol. The van der Waals surface area contributed by atoms with E-state index in [1.165, 1.54) is 11.1 Å². The second kappa shape index (κ2) is 4.60. The van der Waals surface area contributed by atoms with Gasteiger partial charge in [0.15, 0.2) is 0 Å². The summed E-state index contributed by atoms with van der Waals surface area (Å²) in [5.74, 6) is 0.321. The third kappa shape index (κ3) is 2.88. The van der Waals surface area contributed by atoms with Crippen molar-refractivity contribution in [2.45, 2.75) is 32.0 Å². The van der Waals surface area contributed by atoms with Gasteiger partial charge in [-0.3, -0.25) is 0 Å². The highest BCUT2D eigenvalue weighted by molar-refractivity contribution is 9.10. The van der Waals surface area contributed by atoms with Crippen molar-refractivity contribution in [3.63, 3.8) is 0 Å². The van der Waals surface area contributed by atoms with Gasteiger partial charge in [-0.1, -0.05) is 0 Å². The number of alkyl halides is 3. The molecule has 7 heteroatoms. The fourth-order valence-corrected chi connectivity index (χ4v) is 2.29. The zero-order chi connectivity index (χ0) is 13.5. The number of aromatic nitrogens is 1. The molecule has 0 unspecified atom stereocenters. The molecule has 1 aliphatic rings. The van der Waals surface area contributed by atoms with E-state index < -0.39 is 12.7 Å². The average Bonchev–Trinajstić information content (AvgIpc) is 3.06. The molecule has 0 atom stereocenters. The molecule has 0 spiro atoms. The first-order chi connectivity index (χ1) is 8.29. The van der Waals surface area contributed by atoms with Crippen LogP contribution in [0.5, 0.6) is 0 Å². The molecule has 0 aromatic carbocycles. The lowest BCUT2D eigenvalue weighted by Gasteiger charge is -2.26. The molecule has 0 saturated heterocycles. The van der Waals surface area contributed by atoms with Crippen LogP contribution in [-0.2, 0) is 0 Å². The first-order valence-corrected chi connectivity index (χ1v) is 6.33. The Bertz CT molecular complexity index is 458. The summed E-state index contributed by atoms with van der Waals surface area (Å²) < 4.78 is 38.3. The minimum Gasteiger partial charge on any atom is -0.397 e. The molecule has 2 rings (SSSR count). The highest BCUT2D eigenvalue weighted by Crippen LogP contribution is 2.38. The maximum atomic E-state index is 12.6. The van der Waals surface area contributed by atoms with E-state index in [-0.39, 0.29) is 6.04 Å². The van der Waals surface area contributed by atoms with Gasteiger partial charge in [0.05, 0.1) is 16.4 Å². The van der Waals surface area contributed by atoms with Crippen molar-refractivity contribution in [2.75, 3.05) is 17.2 Å². The van der Waals surface area contributed by atoms with Crippen molar-refractivity contribution in [3.05, 3.63) is 16.2 Å². The Hall–Kier alpha value is -0.980. The van der Waals surface area contributed by atoms with Crippen molar-refractivity contribution in [1.82, 2.24) is 4.98 Å². The fourth-order valence-electron chi connectivity index (χ4n) is 1.74. The molecule has 1 fully saturated rings. The normalized spacial score (nSPS) is 15.8. The molecule has 1 heterocycles. The number of anilines is 2. The van der Waals surface area contributed by atoms with E-state index in [4.69, 9.17) is 5.73 Å². The molecule has 1 aromatic rings. The molecule has 1 aromatic heterocycles. The third-order valence-corrected chi connectivity index (χ3v) is 3.84. The standard InChI is InChI=1S/C11H13BrF3N3/c1-6-8(16)4-17-10(9(6)12)18(7-2-3-7)5-11(13,14)15/h4,7H,2-3,5,16H2,1H3. The molecule has 0 bridgehead atoms. The maximum absolute atomic E-state index is 12.6. The summed E-state index contributed by atoms with van der Waals surface area (Å²) in [6.07, 6.45) is -1.29. The first kappa shape index (κ1) is 13.5. The van der Waals surface area contributed by atoms with Crippen LogP contribution in [0, 0.1) is 6.92 Å². The van der Waals surface area contributed by atoms with Gasteiger partial charge in [0.2, 0.25) is 0 Å². The highest BCUT2D eigenvalue weighted by atomic mass is 79.9. The number of nitrogens with zero attached hydrogens (tertiary/aromatic N) is 2. The minimum atomic E-state index is -4.24. The lowest BCUT2D eigenvalue weighted by Crippen LogP contribution is -2.36. The van der Waals surface area contributed by atoms with Gasteiger partial charge < -0.3 is 10.6 Å². The zero-order valence-electron chi connectivity index (χ0n) is 9.76. The van der Waals surface area contributed by atoms with Gasteiger partial charge in [-0.25, -0.2) is 4.98 Å². The van der Waals surface area contributed by atoms with Crippen molar-refractivity contribution < 1.29 is 13.2 Å². The topological polar surface area (TPSA) is 42.1 Å². The molecule has 3 nitrogen and oxygen atoms in total. The van der Waals surface area contributed by atoms with Crippen LogP contribution in [0.2, 0.25) is 0 Å². The molecule has 18 heavy (non-hydrogen) atoms. The van der Waals surface area contributed by atoms with Gasteiger partial charge in [0, 0.05) is 6.04 Å². The van der Waals surface area contributed by atoms with Gasteiger partial charge in [0.25, 0.3) is 0 Å². The Morgan fingerprint density at radius 3 is 2.61 bits per heavy atom. The minimum absolute atomic E-state index is 0.0709. The predicted octanol–water partition coefficient (Wildman–Crippen LogP) is 3.27.